The van der Waals surface area contributed by atoms with Crippen molar-refractivity contribution in [1.82, 2.24) is 10.6 Å². The van der Waals surface area contributed by atoms with E-state index >= 15 is 0 Å². The predicted octanol–water partition coefficient (Wildman–Crippen LogP) is 1.23. The van der Waals surface area contributed by atoms with Crippen molar-refractivity contribution in [2.24, 2.45) is 0 Å². The van der Waals surface area contributed by atoms with E-state index in [9.17, 15) is 9.59 Å². The molecule has 1 aliphatic rings. The SMILES string of the molecule is COCc1cccc(C(=O)N[C@@H]2CCCCNC2=O)c1. The van der Waals surface area contributed by atoms with Crippen molar-refractivity contribution in [2.45, 2.75) is 31.9 Å². The Morgan fingerprint density at radius 3 is 3.10 bits per heavy atom. The first-order valence-electron chi connectivity index (χ1n) is 6.87. The van der Waals surface area contributed by atoms with E-state index < -0.39 is 6.04 Å². The van der Waals surface area contributed by atoms with Gasteiger partial charge < -0.3 is 15.4 Å². The van der Waals surface area contributed by atoms with E-state index in [0.29, 0.717) is 25.1 Å². The Kier molecular flexibility index (Phi) is 5.12. The van der Waals surface area contributed by atoms with Crippen molar-refractivity contribution in [3.8, 4) is 0 Å². The van der Waals surface area contributed by atoms with Crippen molar-refractivity contribution in [1.29, 1.82) is 0 Å². The number of hydrogen-bond donors (Lipinski definition) is 2. The van der Waals surface area contributed by atoms with Crippen LogP contribution in [0.1, 0.15) is 35.2 Å². The van der Waals surface area contributed by atoms with Crippen molar-refractivity contribution in [2.75, 3.05) is 13.7 Å². The molecule has 1 heterocycles. The van der Waals surface area contributed by atoms with E-state index in [1.165, 1.54) is 0 Å². The molecular formula is C15H20N2O3. The zero-order valence-electron chi connectivity index (χ0n) is 11.6. The Hall–Kier alpha value is -1.88. The quantitative estimate of drug-likeness (QED) is 0.869. The van der Waals surface area contributed by atoms with Crippen LogP contribution in [0.5, 0.6) is 0 Å². The maximum absolute atomic E-state index is 12.2. The summed E-state index contributed by atoms with van der Waals surface area (Å²) in [5.74, 6) is -0.311. The summed E-state index contributed by atoms with van der Waals surface area (Å²) in [6.45, 7) is 1.15. The minimum atomic E-state index is -0.434. The van der Waals surface area contributed by atoms with Gasteiger partial charge in [0.15, 0.2) is 0 Å². The minimum absolute atomic E-state index is 0.0936. The Balaban J connectivity index is 2.03. The second kappa shape index (κ2) is 7.05. The van der Waals surface area contributed by atoms with Crippen LogP contribution in [0.4, 0.5) is 0 Å². The smallest absolute Gasteiger partial charge is 0.251 e. The predicted molar refractivity (Wildman–Crippen MR) is 75.3 cm³/mol. The van der Waals surface area contributed by atoms with E-state index in [1.807, 2.05) is 12.1 Å². The van der Waals surface area contributed by atoms with Crippen LogP contribution in [0, 0.1) is 0 Å². The summed E-state index contributed by atoms with van der Waals surface area (Å²) in [4.78, 5) is 24.0. The Bertz CT molecular complexity index is 488. The van der Waals surface area contributed by atoms with Crippen molar-refractivity contribution >= 4 is 11.8 Å². The van der Waals surface area contributed by atoms with Gasteiger partial charge in [-0.2, -0.15) is 0 Å². The Labute approximate surface area is 118 Å². The first kappa shape index (κ1) is 14.5. The van der Waals surface area contributed by atoms with Gasteiger partial charge in [0.2, 0.25) is 5.91 Å². The molecule has 0 bridgehead atoms. The molecule has 1 fully saturated rings. The molecule has 0 saturated carbocycles. The molecule has 1 aromatic rings. The van der Waals surface area contributed by atoms with Crippen molar-refractivity contribution < 1.29 is 14.3 Å². The zero-order valence-corrected chi connectivity index (χ0v) is 11.6. The van der Waals surface area contributed by atoms with Gasteiger partial charge in [0.1, 0.15) is 6.04 Å². The molecule has 5 heteroatoms. The van der Waals surface area contributed by atoms with E-state index in [2.05, 4.69) is 10.6 Å². The number of ether oxygens (including phenoxy) is 1. The van der Waals surface area contributed by atoms with Crippen LogP contribution >= 0.6 is 0 Å². The number of rotatable bonds is 4. The summed E-state index contributed by atoms with van der Waals surface area (Å²) in [6, 6.07) is 6.81. The molecule has 1 aromatic carbocycles. The van der Waals surface area contributed by atoms with Gasteiger partial charge >= 0.3 is 0 Å². The van der Waals surface area contributed by atoms with Gasteiger partial charge in [-0.25, -0.2) is 0 Å². The third-order valence-corrected chi connectivity index (χ3v) is 3.34. The molecule has 0 unspecified atom stereocenters. The molecule has 108 valence electrons. The van der Waals surface area contributed by atoms with Crippen molar-refractivity contribution in [3.05, 3.63) is 35.4 Å². The van der Waals surface area contributed by atoms with E-state index in [1.54, 1.807) is 19.2 Å². The highest BCUT2D eigenvalue weighted by molar-refractivity contribution is 5.97. The van der Waals surface area contributed by atoms with Gasteiger partial charge in [-0.3, -0.25) is 9.59 Å². The largest absolute Gasteiger partial charge is 0.380 e. The van der Waals surface area contributed by atoms with Gasteiger partial charge in [-0.15, -0.1) is 0 Å². The Morgan fingerprint density at radius 1 is 1.45 bits per heavy atom. The topological polar surface area (TPSA) is 67.4 Å². The summed E-state index contributed by atoms with van der Waals surface area (Å²) >= 11 is 0. The van der Waals surface area contributed by atoms with E-state index in [-0.39, 0.29) is 11.8 Å². The molecule has 20 heavy (non-hydrogen) atoms. The fourth-order valence-electron chi connectivity index (χ4n) is 2.29. The highest BCUT2D eigenvalue weighted by Gasteiger charge is 2.22. The molecule has 2 amide bonds. The van der Waals surface area contributed by atoms with E-state index in [0.717, 1.165) is 18.4 Å². The maximum atomic E-state index is 12.2. The summed E-state index contributed by atoms with van der Waals surface area (Å²) in [7, 11) is 1.61. The molecule has 0 radical (unpaired) electrons. The van der Waals surface area contributed by atoms with Gasteiger partial charge in [0.25, 0.3) is 5.91 Å². The Morgan fingerprint density at radius 2 is 2.30 bits per heavy atom. The van der Waals surface area contributed by atoms with Crippen LogP contribution in [0.25, 0.3) is 0 Å². The van der Waals surface area contributed by atoms with Gasteiger partial charge in [0, 0.05) is 19.2 Å². The lowest BCUT2D eigenvalue weighted by molar-refractivity contribution is -0.122. The first-order chi connectivity index (χ1) is 9.70. The number of carbonyl (C=O) groups excluding carboxylic acids is 2. The van der Waals surface area contributed by atoms with Crippen LogP contribution in [-0.2, 0) is 16.1 Å². The molecule has 5 nitrogen and oxygen atoms in total. The standard InChI is InChI=1S/C15H20N2O3/c1-20-10-11-5-4-6-12(9-11)14(18)17-13-7-2-3-8-16-15(13)19/h4-6,9,13H,2-3,7-8,10H2,1H3,(H,16,19)(H,17,18)/t13-/m1/s1. The number of benzene rings is 1. The average Bonchev–Trinajstić information content (AvgIpc) is 2.65. The molecule has 2 rings (SSSR count). The van der Waals surface area contributed by atoms with Crippen LogP contribution in [0.15, 0.2) is 24.3 Å². The number of carbonyl (C=O) groups is 2. The number of nitrogens with one attached hydrogen (secondary N) is 2. The summed E-state index contributed by atoms with van der Waals surface area (Å²) in [5.41, 5.74) is 1.49. The molecule has 1 aliphatic heterocycles. The second-order valence-electron chi connectivity index (χ2n) is 4.95. The zero-order chi connectivity index (χ0) is 14.4. The number of hydrogen-bond acceptors (Lipinski definition) is 3. The minimum Gasteiger partial charge on any atom is -0.380 e. The molecule has 0 aromatic heterocycles. The average molecular weight is 276 g/mol. The maximum Gasteiger partial charge on any atom is 0.251 e. The molecule has 0 spiro atoms. The fourth-order valence-corrected chi connectivity index (χ4v) is 2.29. The van der Waals surface area contributed by atoms with Crippen LogP contribution in [0.3, 0.4) is 0 Å². The number of amides is 2. The number of methoxy groups -OCH3 is 1. The molecule has 1 saturated heterocycles. The lowest BCUT2D eigenvalue weighted by atomic mass is 10.1. The molecule has 0 aliphatic carbocycles. The third-order valence-electron chi connectivity index (χ3n) is 3.34. The molecule has 1 atom stereocenters. The summed E-state index contributed by atoms with van der Waals surface area (Å²) < 4.78 is 5.05. The normalized spacial score (nSPS) is 19.1. The van der Waals surface area contributed by atoms with Crippen LogP contribution < -0.4 is 10.6 Å². The van der Waals surface area contributed by atoms with Gasteiger partial charge in [-0.1, -0.05) is 12.1 Å². The van der Waals surface area contributed by atoms with E-state index in [4.69, 9.17) is 4.74 Å². The second-order valence-corrected chi connectivity index (χ2v) is 4.95. The lowest BCUT2D eigenvalue weighted by Crippen LogP contribution is -2.45. The van der Waals surface area contributed by atoms with Crippen LogP contribution in [0.2, 0.25) is 0 Å². The first-order valence-corrected chi connectivity index (χ1v) is 6.87. The summed E-state index contributed by atoms with van der Waals surface area (Å²) in [6.07, 6.45) is 2.59. The monoisotopic (exact) mass is 276 g/mol. The van der Waals surface area contributed by atoms with Crippen LogP contribution in [-0.4, -0.2) is 31.5 Å². The molecule has 2 N–H and O–H groups in total. The van der Waals surface area contributed by atoms with Crippen molar-refractivity contribution in [3.63, 3.8) is 0 Å². The highest BCUT2D eigenvalue weighted by Crippen LogP contribution is 2.09. The highest BCUT2D eigenvalue weighted by atomic mass is 16.5. The fraction of sp³-hybridized carbons (Fsp3) is 0.467. The van der Waals surface area contributed by atoms with Gasteiger partial charge in [-0.05, 0) is 37.0 Å². The van der Waals surface area contributed by atoms with Gasteiger partial charge in [0.05, 0.1) is 6.61 Å². The summed E-state index contributed by atoms with van der Waals surface area (Å²) in [5, 5.41) is 5.61. The molecular weight excluding hydrogens is 256 g/mol. The third kappa shape index (κ3) is 3.81. The lowest BCUT2D eigenvalue weighted by Gasteiger charge is -2.15.